The molecule has 1 rings (SSSR count). The van der Waals surface area contributed by atoms with Crippen molar-refractivity contribution in [2.24, 2.45) is 0 Å². The fourth-order valence-corrected chi connectivity index (χ4v) is 1.12. The van der Waals surface area contributed by atoms with E-state index in [-0.39, 0.29) is 0 Å². The Labute approximate surface area is 85.5 Å². The van der Waals surface area contributed by atoms with Crippen LogP contribution >= 0.6 is 11.6 Å². The molecular formula is C10H17ClN2. The molecule has 0 spiro atoms. The molecule has 0 saturated carbocycles. The molecule has 0 aliphatic heterocycles. The van der Waals surface area contributed by atoms with Gasteiger partial charge in [-0.15, -0.1) is 0 Å². The Morgan fingerprint density at radius 3 is 2.23 bits per heavy atom. The Balaban J connectivity index is 0.000000671. The van der Waals surface area contributed by atoms with E-state index in [1.165, 1.54) is 0 Å². The van der Waals surface area contributed by atoms with E-state index < -0.39 is 0 Å². The highest BCUT2D eigenvalue weighted by Gasteiger charge is 2.04. The van der Waals surface area contributed by atoms with Crippen LogP contribution in [0.1, 0.15) is 19.4 Å². The molecule has 0 radical (unpaired) electrons. The zero-order chi connectivity index (χ0) is 10.4. The third-order valence-electron chi connectivity index (χ3n) is 1.49. The smallest absolute Gasteiger partial charge is 0.147 e. The molecule has 2 nitrogen and oxygen atoms in total. The van der Waals surface area contributed by atoms with E-state index in [0.29, 0.717) is 0 Å². The summed E-state index contributed by atoms with van der Waals surface area (Å²) in [5.41, 5.74) is 1.06. The Morgan fingerprint density at radius 1 is 1.31 bits per heavy atom. The minimum Gasteiger partial charge on any atom is -0.362 e. The normalized spacial score (nSPS) is 8.77. The van der Waals surface area contributed by atoms with Crippen LogP contribution in [0, 0.1) is 6.92 Å². The fraction of sp³-hybridized carbons (Fsp3) is 0.500. The van der Waals surface area contributed by atoms with Gasteiger partial charge in [-0.25, -0.2) is 4.98 Å². The molecule has 0 aliphatic carbocycles. The van der Waals surface area contributed by atoms with E-state index in [2.05, 4.69) is 4.98 Å². The first-order valence-electron chi connectivity index (χ1n) is 4.41. The van der Waals surface area contributed by atoms with Crippen molar-refractivity contribution in [3.8, 4) is 0 Å². The van der Waals surface area contributed by atoms with Crippen LogP contribution in [-0.4, -0.2) is 19.1 Å². The molecule has 0 bridgehead atoms. The molecule has 1 heterocycles. The molecular weight excluding hydrogens is 184 g/mol. The molecule has 13 heavy (non-hydrogen) atoms. The first-order chi connectivity index (χ1) is 6.13. The SMILES string of the molecule is CC.Cc1ccnc(N(C)C)c1Cl. The van der Waals surface area contributed by atoms with Gasteiger partial charge in [0.15, 0.2) is 0 Å². The first-order valence-corrected chi connectivity index (χ1v) is 4.79. The van der Waals surface area contributed by atoms with Gasteiger partial charge in [0.2, 0.25) is 0 Å². The van der Waals surface area contributed by atoms with Crippen molar-refractivity contribution in [3.63, 3.8) is 0 Å². The summed E-state index contributed by atoms with van der Waals surface area (Å²) < 4.78 is 0. The second kappa shape index (κ2) is 5.81. The standard InChI is InChI=1S/C8H11ClN2.C2H6/c1-6-4-5-10-8(7(6)9)11(2)3;1-2/h4-5H,1-3H3;1-2H3. The summed E-state index contributed by atoms with van der Waals surface area (Å²) in [5.74, 6) is 0.826. The number of hydrogen-bond donors (Lipinski definition) is 0. The highest BCUT2D eigenvalue weighted by Crippen LogP contribution is 2.23. The number of nitrogens with zero attached hydrogens (tertiary/aromatic N) is 2. The molecule has 0 fully saturated rings. The zero-order valence-electron chi connectivity index (χ0n) is 8.93. The van der Waals surface area contributed by atoms with E-state index in [9.17, 15) is 0 Å². The van der Waals surface area contributed by atoms with Crippen LogP contribution in [0.2, 0.25) is 5.02 Å². The molecule has 1 aromatic rings. The van der Waals surface area contributed by atoms with Gasteiger partial charge in [0.1, 0.15) is 5.82 Å². The summed E-state index contributed by atoms with van der Waals surface area (Å²) in [6, 6.07) is 1.90. The summed E-state index contributed by atoms with van der Waals surface area (Å²) in [6.45, 7) is 5.97. The molecule has 1 aromatic heterocycles. The largest absolute Gasteiger partial charge is 0.362 e. The van der Waals surface area contributed by atoms with E-state index in [0.717, 1.165) is 16.4 Å². The van der Waals surface area contributed by atoms with Crippen LogP contribution < -0.4 is 4.90 Å². The summed E-state index contributed by atoms with van der Waals surface area (Å²) in [5, 5.41) is 0.734. The number of aryl methyl sites for hydroxylation is 1. The molecule has 0 saturated heterocycles. The van der Waals surface area contributed by atoms with E-state index >= 15 is 0 Å². The quantitative estimate of drug-likeness (QED) is 0.693. The molecule has 0 aromatic carbocycles. The maximum atomic E-state index is 5.98. The summed E-state index contributed by atoms with van der Waals surface area (Å²) >= 11 is 5.98. The minimum absolute atomic E-state index is 0.734. The van der Waals surface area contributed by atoms with Crippen LogP contribution in [-0.2, 0) is 0 Å². The molecule has 0 unspecified atom stereocenters. The van der Waals surface area contributed by atoms with Crippen molar-refractivity contribution in [2.75, 3.05) is 19.0 Å². The monoisotopic (exact) mass is 200 g/mol. The number of anilines is 1. The van der Waals surface area contributed by atoms with Gasteiger partial charge in [-0.2, -0.15) is 0 Å². The van der Waals surface area contributed by atoms with Crippen LogP contribution in [0.25, 0.3) is 0 Å². The highest BCUT2D eigenvalue weighted by atomic mass is 35.5. The van der Waals surface area contributed by atoms with Gasteiger partial charge in [-0.1, -0.05) is 25.4 Å². The summed E-state index contributed by atoms with van der Waals surface area (Å²) in [6.07, 6.45) is 1.76. The van der Waals surface area contributed by atoms with Crippen molar-refractivity contribution >= 4 is 17.4 Å². The van der Waals surface area contributed by atoms with Gasteiger partial charge in [-0.3, -0.25) is 0 Å². The van der Waals surface area contributed by atoms with Gasteiger partial charge >= 0.3 is 0 Å². The van der Waals surface area contributed by atoms with Gasteiger partial charge in [0.25, 0.3) is 0 Å². The Morgan fingerprint density at radius 2 is 1.85 bits per heavy atom. The molecule has 0 N–H and O–H groups in total. The lowest BCUT2D eigenvalue weighted by atomic mass is 10.3. The second-order valence-electron chi connectivity index (χ2n) is 2.66. The van der Waals surface area contributed by atoms with Crippen molar-refractivity contribution < 1.29 is 0 Å². The predicted molar refractivity (Wildman–Crippen MR) is 59.7 cm³/mol. The summed E-state index contributed by atoms with van der Waals surface area (Å²) in [4.78, 5) is 6.03. The number of aromatic nitrogens is 1. The van der Waals surface area contributed by atoms with Gasteiger partial charge < -0.3 is 4.90 Å². The highest BCUT2D eigenvalue weighted by molar-refractivity contribution is 6.33. The number of rotatable bonds is 1. The third kappa shape index (κ3) is 3.23. The first kappa shape index (κ1) is 12.2. The lowest BCUT2D eigenvalue weighted by Gasteiger charge is -2.13. The third-order valence-corrected chi connectivity index (χ3v) is 1.95. The number of halogens is 1. The van der Waals surface area contributed by atoms with Crippen LogP contribution in [0.5, 0.6) is 0 Å². The zero-order valence-corrected chi connectivity index (χ0v) is 9.68. The topological polar surface area (TPSA) is 16.1 Å². The van der Waals surface area contributed by atoms with Crippen LogP contribution in [0.4, 0.5) is 5.82 Å². The fourth-order valence-electron chi connectivity index (χ4n) is 0.838. The van der Waals surface area contributed by atoms with Gasteiger partial charge in [0, 0.05) is 20.3 Å². The summed E-state index contributed by atoms with van der Waals surface area (Å²) in [7, 11) is 3.85. The van der Waals surface area contributed by atoms with Gasteiger partial charge in [-0.05, 0) is 18.6 Å². The average Bonchev–Trinajstić information content (AvgIpc) is 2.13. The number of hydrogen-bond acceptors (Lipinski definition) is 2. The Hall–Kier alpha value is -0.760. The van der Waals surface area contributed by atoms with E-state index in [1.807, 2.05) is 45.8 Å². The molecule has 0 aliphatic rings. The van der Waals surface area contributed by atoms with Crippen molar-refractivity contribution in [3.05, 3.63) is 22.8 Å². The Kier molecular flexibility index (Phi) is 5.47. The lowest BCUT2D eigenvalue weighted by Crippen LogP contribution is -2.11. The van der Waals surface area contributed by atoms with Crippen LogP contribution in [0.3, 0.4) is 0 Å². The Bertz CT molecular complexity index is 259. The van der Waals surface area contributed by atoms with Crippen LogP contribution in [0.15, 0.2) is 12.3 Å². The van der Waals surface area contributed by atoms with Crippen molar-refractivity contribution in [1.29, 1.82) is 0 Å². The van der Waals surface area contributed by atoms with Crippen molar-refractivity contribution in [1.82, 2.24) is 4.98 Å². The van der Waals surface area contributed by atoms with Gasteiger partial charge in [0.05, 0.1) is 5.02 Å². The predicted octanol–water partition coefficient (Wildman–Crippen LogP) is 3.14. The average molecular weight is 201 g/mol. The van der Waals surface area contributed by atoms with E-state index in [4.69, 9.17) is 11.6 Å². The number of pyridine rings is 1. The lowest BCUT2D eigenvalue weighted by molar-refractivity contribution is 1.06. The van der Waals surface area contributed by atoms with E-state index in [1.54, 1.807) is 6.20 Å². The maximum Gasteiger partial charge on any atom is 0.147 e. The molecule has 0 amide bonds. The minimum atomic E-state index is 0.734. The second-order valence-corrected chi connectivity index (χ2v) is 3.04. The molecule has 0 atom stereocenters. The van der Waals surface area contributed by atoms with Crippen molar-refractivity contribution in [2.45, 2.75) is 20.8 Å². The maximum absolute atomic E-state index is 5.98. The molecule has 74 valence electrons. The molecule has 3 heteroatoms.